The van der Waals surface area contributed by atoms with Gasteiger partial charge in [0.2, 0.25) is 0 Å². The zero-order valence-corrected chi connectivity index (χ0v) is 38.8. The SMILES string of the molecule is CCC[CH2][Sn]([CH2]CCC)([O]C(=O)/C=C\C(=O)[O][Sn]([CH2]CCC)([CH2]CCC)[O]C(=O)/C=C/C(=O)OC1CCCCC1)[O]C(=O)/C=C/C(=O)OC1CCCCC1. The normalized spacial score (nSPS) is 16.0. The fourth-order valence-corrected chi connectivity index (χ4v) is 25.7. The van der Waals surface area contributed by atoms with Gasteiger partial charge in [-0.15, -0.1) is 0 Å². The zero-order chi connectivity index (χ0) is 39.7. The van der Waals surface area contributed by atoms with E-state index in [1.165, 1.54) is 0 Å². The van der Waals surface area contributed by atoms with Crippen molar-refractivity contribution >= 4 is 74.2 Å². The van der Waals surface area contributed by atoms with Crippen LogP contribution in [0.3, 0.4) is 0 Å². The molecule has 2 aliphatic carbocycles. The van der Waals surface area contributed by atoms with E-state index in [1.54, 1.807) is 0 Å². The molecule has 0 bridgehead atoms. The van der Waals surface area contributed by atoms with Crippen LogP contribution >= 0.6 is 0 Å². The molecule has 0 N–H and O–H groups in total. The van der Waals surface area contributed by atoms with Crippen molar-refractivity contribution in [3.05, 3.63) is 36.5 Å². The number of rotatable bonds is 24. The van der Waals surface area contributed by atoms with Gasteiger partial charge in [0.1, 0.15) is 0 Å². The molecule has 0 heterocycles. The van der Waals surface area contributed by atoms with Crippen molar-refractivity contribution in [3.63, 3.8) is 0 Å². The quantitative estimate of drug-likeness (QED) is 0.0516. The molecular formula is C40H64O12Sn2. The summed E-state index contributed by atoms with van der Waals surface area (Å²) < 4.78 is 36.5. The van der Waals surface area contributed by atoms with Gasteiger partial charge in [-0.25, -0.2) is 0 Å². The predicted molar refractivity (Wildman–Crippen MR) is 208 cm³/mol. The van der Waals surface area contributed by atoms with Gasteiger partial charge in [-0.3, -0.25) is 0 Å². The predicted octanol–water partition coefficient (Wildman–Crippen LogP) is 8.66. The topological polar surface area (TPSA) is 158 Å². The summed E-state index contributed by atoms with van der Waals surface area (Å²) in [6.45, 7) is 7.94. The Morgan fingerprint density at radius 2 is 0.648 bits per heavy atom. The Hall–Kier alpha value is -2.36. The van der Waals surface area contributed by atoms with Crippen molar-refractivity contribution in [1.82, 2.24) is 0 Å². The second-order valence-corrected chi connectivity index (χ2v) is 32.7. The number of unbranched alkanes of at least 4 members (excludes halogenated alkanes) is 4. The van der Waals surface area contributed by atoms with E-state index in [9.17, 15) is 28.8 Å². The van der Waals surface area contributed by atoms with E-state index in [0.717, 1.165) is 126 Å². The minimum atomic E-state index is -4.45. The molecule has 2 fully saturated rings. The van der Waals surface area contributed by atoms with Gasteiger partial charge in [0.15, 0.2) is 0 Å². The number of hydrogen-bond donors (Lipinski definition) is 0. The number of carbonyl (C=O) groups is 6. The molecular weight excluding hydrogens is 910 g/mol. The van der Waals surface area contributed by atoms with Crippen LogP contribution in [-0.2, 0) is 50.5 Å². The molecule has 12 nitrogen and oxygen atoms in total. The third-order valence-corrected chi connectivity index (χ3v) is 28.8. The van der Waals surface area contributed by atoms with Crippen molar-refractivity contribution in [2.45, 2.75) is 173 Å². The van der Waals surface area contributed by atoms with E-state index in [2.05, 4.69) is 0 Å². The van der Waals surface area contributed by atoms with E-state index >= 15 is 0 Å². The van der Waals surface area contributed by atoms with Crippen molar-refractivity contribution in [3.8, 4) is 0 Å². The number of carbonyl (C=O) groups excluding carboxylic acids is 6. The van der Waals surface area contributed by atoms with E-state index < -0.39 is 74.2 Å². The molecule has 0 aliphatic heterocycles. The van der Waals surface area contributed by atoms with Crippen molar-refractivity contribution in [1.29, 1.82) is 0 Å². The molecule has 14 heteroatoms. The van der Waals surface area contributed by atoms with Gasteiger partial charge in [-0.05, 0) is 0 Å². The molecule has 0 aromatic rings. The molecule has 0 aromatic heterocycles. The molecule has 0 unspecified atom stereocenters. The van der Waals surface area contributed by atoms with E-state index in [-0.39, 0.29) is 12.2 Å². The fourth-order valence-electron chi connectivity index (χ4n) is 6.54. The van der Waals surface area contributed by atoms with Crippen LogP contribution in [0.2, 0.25) is 17.7 Å². The average molecular weight is 974 g/mol. The van der Waals surface area contributed by atoms with Crippen LogP contribution in [0.15, 0.2) is 36.5 Å². The summed E-state index contributed by atoms with van der Waals surface area (Å²) in [6, 6.07) is 0. The Morgan fingerprint density at radius 1 is 0.407 bits per heavy atom. The second-order valence-electron chi connectivity index (χ2n) is 14.3. The molecule has 2 saturated carbocycles. The molecule has 0 radical (unpaired) electrons. The first-order valence-electron chi connectivity index (χ1n) is 20.3. The number of ether oxygens (including phenoxy) is 2. The monoisotopic (exact) mass is 976 g/mol. The average Bonchev–Trinajstić information content (AvgIpc) is 3.16. The second kappa shape index (κ2) is 27.3. The summed E-state index contributed by atoms with van der Waals surface area (Å²) in [6.07, 6.45) is 21.1. The molecule has 0 spiro atoms. The zero-order valence-electron chi connectivity index (χ0n) is 33.1. The summed E-state index contributed by atoms with van der Waals surface area (Å²) in [7, 11) is 0. The Balaban J connectivity index is 2.16. The van der Waals surface area contributed by atoms with E-state index in [0.29, 0.717) is 43.4 Å². The molecule has 0 atom stereocenters. The Kier molecular flexibility index (Phi) is 24.1. The van der Waals surface area contributed by atoms with Gasteiger partial charge in [-0.1, -0.05) is 0 Å². The third-order valence-electron chi connectivity index (χ3n) is 9.53. The molecule has 0 aromatic carbocycles. The number of esters is 2. The molecule has 0 amide bonds. The molecule has 54 heavy (non-hydrogen) atoms. The van der Waals surface area contributed by atoms with Crippen molar-refractivity contribution < 1.29 is 50.5 Å². The van der Waals surface area contributed by atoms with Gasteiger partial charge in [0.25, 0.3) is 0 Å². The van der Waals surface area contributed by atoms with Gasteiger partial charge < -0.3 is 0 Å². The summed E-state index contributed by atoms with van der Waals surface area (Å²) in [5.41, 5.74) is 0. The Bertz CT molecular complexity index is 1170. The molecule has 2 rings (SSSR count). The van der Waals surface area contributed by atoms with E-state index in [4.69, 9.17) is 21.8 Å². The molecule has 0 saturated heterocycles. The Morgan fingerprint density at radius 3 is 0.889 bits per heavy atom. The van der Waals surface area contributed by atoms with E-state index in [1.807, 2.05) is 27.7 Å². The standard InChI is InChI=1S/2C10H14O4.C4H4O4.4C4H9.2Sn/c2*11-9(12)6-7-10(13)14-8-4-2-1-3-5-8;5-3(6)1-2-4(7)8;4*1-3-4-2;;/h2*6-8H,1-5H2,(H,11,12);1-2H,(H,5,6)(H,7,8);4*1,3-4H2,2H3;;/q;;;;;;;2*+2/p-4/b2*7-6+;2-1-;;;;;;. The van der Waals surface area contributed by atoms with Gasteiger partial charge in [-0.2, -0.15) is 0 Å². The first kappa shape index (κ1) is 47.8. The fraction of sp³-hybridized carbons (Fsp3) is 0.700. The maximum atomic E-state index is 13.3. The van der Waals surface area contributed by atoms with Crippen molar-refractivity contribution in [2.24, 2.45) is 0 Å². The van der Waals surface area contributed by atoms with Crippen LogP contribution in [-0.4, -0.2) is 86.4 Å². The first-order chi connectivity index (χ1) is 26.0. The van der Waals surface area contributed by atoms with Gasteiger partial charge in [0.05, 0.1) is 0 Å². The minimum absolute atomic E-state index is 0.156. The van der Waals surface area contributed by atoms with Crippen LogP contribution in [0.4, 0.5) is 0 Å². The van der Waals surface area contributed by atoms with Crippen molar-refractivity contribution in [2.75, 3.05) is 0 Å². The third kappa shape index (κ3) is 20.0. The Labute approximate surface area is 332 Å². The van der Waals surface area contributed by atoms with Crippen LogP contribution in [0.1, 0.15) is 143 Å². The van der Waals surface area contributed by atoms with Gasteiger partial charge >= 0.3 is 334 Å². The summed E-state index contributed by atoms with van der Waals surface area (Å²) in [4.78, 5) is 77.3. The van der Waals surface area contributed by atoms with Crippen LogP contribution < -0.4 is 0 Å². The van der Waals surface area contributed by atoms with Crippen LogP contribution in [0.5, 0.6) is 0 Å². The van der Waals surface area contributed by atoms with Crippen LogP contribution in [0, 0.1) is 0 Å². The first-order valence-corrected chi connectivity index (χ1v) is 33.1. The summed E-state index contributed by atoms with van der Waals surface area (Å²) >= 11 is -8.90. The molecule has 304 valence electrons. The summed E-state index contributed by atoms with van der Waals surface area (Å²) in [5.74, 6) is -4.42. The molecule has 2 aliphatic rings. The maximum absolute atomic E-state index is 13.3. The summed E-state index contributed by atoms with van der Waals surface area (Å²) in [5, 5.41) is 0. The van der Waals surface area contributed by atoms with Gasteiger partial charge in [0, 0.05) is 0 Å². The number of hydrogen-bond acceptors (Lipinski definition) is 12. The van der Waals surface area contributed by atoms with Crippen LogP contribution in [0.25, 0.3) is 0 Å².